The number of nitrogens with zero attached hydrogens (tertiary/aromatic N) is 4. The van der Waals surface area contributed by atoms with E-state index in [1.54, 1.807) is 11.8 Å². The molecule has 12 heteroatoms. The largest absolute Gasteiger partial charge is 0.414 e. The second-order valence-corrected chi connectivity index (χ2v) is 8.84. The summed E-state index contributed by atoms with van der Waals surface area (Å²) in [5.41, 5.74) is 0.340. The van der Waals surface area contributed by atoms with E-state index in [1.165, 1.54) is 12.4 Å². The number of hydrogen-bond acceptors (Lipinski definition) is 7. The molecular formula is C23H26F3N7O2. The summed E-state index contributed by atoms with van der Waals surface area (Å²) in [4.78, 5) is 25.4. The van der Waals surface area contributed by atoms with Crippen molar-refractivity contribution >= 4 is 23.7 Å². The number of nitriles is 1. The first-order valence-electron chi connectivity index (χ1n) is 11.4. The van der Waals surface area contributed by atoms with E-state index in [1.807, 2.05) is 6.07 Å². The number of likely N-dealkylation sites (tertiary alicyclic amines) is 1. The zero-order chi connectivity index (χ0) is 25.2. The third-order valence-corrected chi connectivity index (χ3v) is 6.21. The number of amides is 1. The molecule has 0 unspecified atom stereocenters. The Morgan fingerprint density at radius 3 is 2.80 bits per heavy atom. The van der Waals surface area contributed by atoms with Gasteiger partial charge in [-0.25, -0.2) is 9.97 Å². The number of rotatable bonds is 6. The van der Waals surface area contributed by atoms with Gasteiger partial charge in [0.05, 0.1) is 35.6 Å². The van der Waals surface area contributed by atoms with Gasteiger partial charge in [-0.1, -0.05) is 0 Å². The van der Waals surface area contributed by atoms with Crippen molar-refractivity contribution in [2.75, 3.05) is 36.8 Å². The van der Waals surface area contributed by atoms with Gasteiger partial charge in [-0.3, -0.25) is 4.79 Å². The highest BCUT2D eigenvalue weighted by atomic mass is 19.4. The molecule has 2 aromatic rings. The van der Waals surface area contributed by atoms with Crippen LogP contribution in [0.5, 0.6) is 0 Å². The number of aromatic amines is 1. The molecule has 1 fully saturated rings. The van der Waals surface area contributed by atoms with Crippen molar-refractivity contribution in [1.82, 2.24) is 19.9 Å². The average molecular weight is 490 g/mol. The number of aliphatic hydroxyl groups is 1. The quantitative estimate of drug-likeness (QED) is 0.491. The molecule has 0 radical (unpaired) electrons. The maximum atomic E-state index is 13.2. The van der Waals surface area contributed by atoms with Crippen LogP contribution in [0.3, 0.4) is 0 Å². The smallest absolute Gasteiger partial charge is 0.393 e. The molecule has 0 aromatic carbocycles. The first-order valence-corrected chi connectivity index (χ1v) is 11.4. The van der Waals surface area contributed by atoms with Gasteiger partial charge in [-0.2, -0.15) is 18.4 Å². The highest BCUT2D eigenvalue weighted by Crippen LogP contribution is 2.38. The zero-order valence-electron chi connectivity index (χ0n) is 19.1. The summed E-state index contributed by atoms with van der Waals surface area (Å²) in [6.45, 7) is 3.00. The normalized spacial score (nSPS) is 17.1. The number of alkyl halides is 3. The third-order valence-electron chi connectivity index (χ3n) is 6.21. The fourth-order valence-electron chi connectivity index (χ4n) is 4.28. The summed E-state index contributed by atoms with van der Waals surface area (Å²) in [6, 6.07) is 2.01. The van der Waals surface area contributed by atoms with Crippen LogP contribution in [0.4, 0.5) is 24.9 Å². The minimum atomic E-state index is -4.47. The van der Waals surface area contributed by atoms with Crippen LogP contribution in [0.15, 0.2) is 18.0 Å². The Labute approximate surface area is 200 Å². The summed E-state index contributed by atoms with van der Waals surface area (Å²) in [6.07, 6.45) is 0.497. The average Bonchev–Trinajstić information content (AvgIpc) is 3.25. The summed E-state index contributed by atoms with van der Waals surface area (Å²) in [5.74, 6) is 0.917. The van der Waals surface area contributed by atoms with E-state index in [-0.39, 0.29) is 42.0 Å². The molecule has 0 spiro atoms. The molecule has 0 saturated carbocycles. The lowest BCUT2D eigenvalue weighted by Gasteiger charge is -2.32. The standard InChI is InChI=1S/C23H26F3N7O2/c1-13(34)6-19(35)33-4-2-14(3-5-33)9-30-22-31-10-15(8-27)20(32-22)18-12-29-21-17(18)7-16(11-28-21)23(24,25)26/h7,10,12-14,28-29,34H,2-6,9,11H2,1H3,(H,30,31,32)/t13-/m1/s1. The summed E-state index contributed by atoms with van der Waals surface area (Å²) in [7, 11) is 0. The van der Waals surface area contributed by atoms with Gasteiger partial charge in [-0.05, 0) is 31.8 Å². The van der Waals surface area contributed by atoms with Crippen molar-refractivity contribution in [2.45, 2.75) is 38.5 Å². The van der Waals surface area contributed by atoms with Crippen LogP contribution in [-0.2, 0) is 4.79 Å². The molecule has 2 aliphatic heterocycles. The molecule has 2 aromatic heterocycles. The minimum absolute atomic E-state index is 0.0569. The van der Waals surface area contributed by atoms with Gasteiger partial charge in [0.1, 0.15) is 11.9 Å². The lowest BCUT2D eigenvalue weighted by Crippen LogP contribution is -2.40. The third kappa shape index (κ3) is 5.57. The highest BCUT2D eigenvalue weighted by molar-refractivity contribution is 5.85. The molecule has 0 aliphatic carbocycles. The first kappa shape index (κ1) is 24.5. The minimum Gasteiger partial charge on any atom is -0.393 e. The molecule has 2 aliphatic rings. The molecule has 4 rings (SSSR count). The van der Waals surface area contributed by atoms with Crippen molar-refractivity contribution < 1.29 is 23.1 Å². The number of aliphatic hydroxyl groups excluding tert-OH is 1. The van der Waals surface area contributed by atoms with Crippen LogP contribution in [0, 0.1) is 17.2 Å². The van der Waals surface area contributed by atoms with Crippen LogP contribution in [-0.4, -0.2) is 69.3 Å². The van der Waals surface area contributed by atoms with Gasteiger partial charge >= 0.3 is 6.18 Å². The van der Waals surface area contributed by atoms with Gasteiger partial charge < -0.3 is 25.6 Å². The summed E-state index contributed by atoms with van der Waals surface area (Å²) in [5, 5.41) is 24.8. The highest BCUT2D eigenvalue weighted by Gasteiger charge is 2.36. The van der Waals surface area contributed by atoms with E-state index in [0.717, 1.165) is 18.9 Å². The molecule has 1 atom stereocenters. The summed E-state index contributed by atoms with van der Waals surface area (Å²) < 4.78 is 39.7. The molecule has 9 nitrogen and oxygen atoms in total. The lowest BCUT2D eigenvalue weighted by molar-refractivity contribution is -0.134. The molecule has 1 amide bonds. The number of piperidine rings is 1. The van der Waals surface area contributed by atoms with E-state index in [4.69, 9.17) is 0 Å². The van der Waals surface area contributed by atoms with Gasteiger partial charge in [0.25, 0.3) is 0 Å². The number of fused-ring (bicyclic) bond motifs is 1. The van der Waals surface area contributed by atoms with Crippen molar-refractivity contribution in [3.05, 3.63) is 29.1 Å². The topological polar surface area (TPSA) is 130 Å². The van der Waals surface area contributed by atoms with Crippen molar-refractivity contribution in [2.24, 2.45) is 5.92 Å². The van der Waals surface area contributed by atoms with Crippen LogP contribution < -0.4 is 10.6 Å². The number of anilines is 2. The predicted octanol–water partition coefficient (Wildman–Crippen LogP) is 3.14. The SMILES string of the molecule is C[C@@H](O)CC(=O)N1CCC(CNc2ncc(C#N)c(-c3c[nH]c4c3C=C(C(F)(F)F)CN4)n2)CC1. The number of carbonyl (C=O) groups excluding carboxylic acids is 1. The number of H-pyrrole nitrogens is 1. The van der Waals surface area contributed by atoms with Crippen LogP contribution in [0.25, 0.3) is 17.3 Å². The van der Waals surface area contributed by atoms with Crippen LogP contribution in [0.1, 0.15) is 37.3 Å². The second kappa shape index (κ2) is 9.95. The number of nitrogens with one attached hydrogen (secondary N) is 3. The molecule has 0 bridgehead atoms. The van der Waals surface area contributed by atoms with E-state index >= 15 is 0 Å². The van der Waals surface area contributed by atoms with Gasteiger partial charge in [0.15, 0.2) is 0 Å². The Balaban J connectivity index is 1.46. The van der Waals surface area contributed by atoms with E-state index in [9.17, 15) is 28.3 Å². The van der Waals surface area contributed by atoms with Crippen molar-refractivity contribution in [1.29, 1.82) is 5.26 Å². The van der Waals surface area contributed by atoms with E-state index in [0.29, 0.717) is 36.6 Å². The van der Waals surface area contributed by atoms with Gasteiger partial charge in [0.2, 0.25) is 11.9 Å². The fraction of sp³-hybridized carbons (Fsp3) is 0.478. The summed E-state index contributed by atoms with van der Waals surface area (Å²) >= 11 is 0. The van der Waals surface area contributed by atoms with E-state index < -0.39 is 17.9 Å². The number of halogens is 3. The monoisotopic (exact) mass is 489 g/mol. The Hall–Kier alpha value is -3.59. The maximum absolute atomic E-state index is 13.2. The molecule has 186 valence electrons. The molecule has 4 N–H and O–H groups in total. The lowest BCUT2D eigenvalue weighted by atomic mass is 9.96. The fourth-order valence-corrected chi connectivity index (χ4v) is 4.28. The maximum Gasteiger partial charge on any atom is 0.414 e. The zero-order valence-corrected chi connectivity index (χ0v) is 19.1. The molecule has 35 heavy (non-hydrogen) atoms. The number of carbonyl (C=O) groups is 1. The second-order valence-electron chi connectivity index (χ2n) is 8.84. The molecule has 1 saturated heterocycles. The molecule has 4 heterocycles. The van der Waals surface area contributed by atoms with Gasteiger partial charge in [-0.15, -0.1) is 0 Å². The van der Waals surface area contributed by atoms with Crippen LogP contribution >= 0.6 is 0 Å². The Morgan fingerprint density at radius 2 is 2.14 bits per heavy atom. The van der Waals surface area contributed by atoms with Crippen molar-refractivity contribution in [3.8, 4) is 17.3 Å². The Bertz CT molecular complexity index is 1160. The molecular weight excluding hydrogens is 463 g/mol. The van der Waals surface area contributed by atoms with E-state index in [2.05, 4.69) is 25.6 Å². The first-order chi connectivity index (χ1) is 16.7. The Morgan fingerprint density at radius 1 is 1.40 bits per heavy atom. The number of aromatic nitrogens is 3. The Kier molecular flexibility index (Phi) is 6.98. The van der Waals surface area contributed by atoms with Crippen LogP contribution in [0.2, 0.25) is 0 Å². The van der Waals surface area contributed by atoms with Crippen molar-refractivity contribution in [3.63, 3.8) is 0 Å². The van der Waals surface area contributed by atoms with Gasteiger partial charge in [0, 0.05) is 43.5 Å². The predicted molar refractivity (Wildman–Crippen MR) is 123 cm³/mol. The number of hydrogen-bond donors (Lipinski definition) is 4.